The molecular formula is C16H22O. The smallest absolute Gasteiger partial charge is 0.0871 e. The number of benzene rings is 1. The Hall–Kier alpha value is -0.820. The van der Waals surface area contributed by atoms with Crippen LogP contribution in [-0.4, -0.2) is 5.11 Å². The van der Waals surface area contributed by atoms with Crippen LogP contribution in [-0.2, 0) is 18.4 Å². The number of hydrogen-bond donors (Lipinski definition) is 1. The van der Waals surface area contributed by atoms with E-state index < -0.39 is 5.60 Å². The van der Waals surface area contributed by atoms with Crippen LogP contribution in [0.1, 0.15) is 55.7 Å². The Morgan fingerprint density at radius 1 is 1.18 bits per heavy atom. The van der Waals surface area contributed by atoms with Crippen molar-refractivity contribution < 1.29 is 5.11 Å². The molecule has 1 fully saturated rings. The van der Waals surface area contributed by atoms with Crippen LogP contribution in [0.2, 0.25) is 0 Å². The van der Waals surface area contributed by atoms with E-state index in [-0.39, 0.29) is 0 Å². The van der Waals surface area contributed by atoms with Crippen molar-refractivity contribution in [3.8, 4) is 0 Å². The third-order valence-corrected chi connectivity index (χ3v) is 4.35. The molecule has 0 aliphatic heterocycles. The Kier molecular flexibility index (Phi) is 2.74. The molecule has 1 aromatic carbocycles. The fourth-order valence-corrected chi connectivity index (χ4v) is 3.07. The fourth-order valence-electron chi connectivity index (χ4n) is 3.07. The fraction of sp³-hybridized carbons (Fsp3) is 0.625. The predicted octanol–water partition coefficient (Wildman–Crippen LogP) is 3.57. The van der Waals surface area contributed by atoms with Gasteiger partial charge >= 0.3 is 0 Å². The molecule has 0 spiro atoms. The van der Waals surface area contributed by atoms with Crippen molar-refractivity contribution in [2.45, 2.75) is 57.5 Å². The molecule has 17 heavy (non-hydrogen) atoms. The Bertz CT molecular complexity index is 416. The highest BCUT2D eigenvalue weighted by Crippen LogP contribution is 2.41. The summed E-state index contributed by atoms with van der Waals surface area (Å²) in [7, 11) is 0. The van der Waals surface area contributed by atoms with Crippen molar-refractivity contribution in [3.05, 3.63) is 34.9 Å². The van der Waals surface area contributed by atoms with E-state index in [2.05, 4.69) is 18.2 Å². The molecule has 1 nitrogen and oxygen atoms in total. The Labute approximate surface area is 104 Å². The molecule has 0 amide bonds. The molecule has 3 rings (SSSR count). The van der Waals surface area contributed by atoms with Crippen LogP contribution in [0.15, 0.2) is 18.2 Å². The first kappa shape index (κ1) is 11.3. The molecule has 2 aliphatic carbocycles. The maximum absolute atomic E-state index is 10.6. The van der Waals surface area contributed by atoms with Gasteiger partial charge in [0.2, 0.25) is 0 Å². The monoisotopic (exact) mass is 230 g/mol. The molecule has 0 heterocycles. The van der Waals surface area contributed by atoms with Crippen LogP contribution >= 0.6 is 0 Å². The lowest BCUT2D eigenvalue weighted by molar-refractivity contribution is 0.0416. The van der Waals surface area contributed by atoms with Gasteiger partial charge in [0.1, 0.15) is 0 Å². The van der Waals surface area contributed by atoms with E-state index >= 15 is 0 Å². The summed E-state index contributed by atoms with van der Waals surface area (Å²) >= 11 is 0. The normalized spacial score (nSPS) is 22.9. The van der Waals surface area contributed by atoms with Crippen LogP contribution in [0.5, 0.6) is 0 Å². The highest BCUT2D eigenvalue weighted by molar-refractivity contribution is 5.36. The van der Waals surface area contributed by atoms with Gasteiger partial charge in [0.25, 0.3) is 0 Å². The summed E-state index contributed by atoms with van der Waals surface area (Å²) in [4.78, 5) is 0. The van der Waals surface area contributed by atoms with Crippen molar-refractivity contribution in [1.29, 1.82) is 0 Å². The van der Waals surface area contributed by atoms with Crippen molar-refractivity contribution in [3.63, 3.8) is 0 Å². The Morgan fingerprint density at radius 2 is 1.88 bits per heavy atom. The van der Waals surface area contributed by atoms with Gasteiger partial charge in [0.05, 0.1) is 5.60 Å². The molecule has 1 saturated carbocycles. The van der Waals surface area contributed by atoms with Gasteiger partial charge in [-0.05, 0) is 61.6 Å². The molecule has 0 aromatic heterocycles. The number of fused-ring (bicyclic) bond motifs is 1. The van der Waals surface area contributed by atoms with E-state index in [0.29, 0.717) is 0 Å². The SMILES string of the molecule is CC(O)(CC1CC1)c1ccc2c(c1)CCCC2. The lowest BCUT2D eigenvalue weighted by Crippen LogP contribution is -2.22. The lowest BCUT2D eigenvalue weighted by atomic mass is 9.84. The molecular weight excluding hydrogens is 208 g/mol. The number of rotatable bonds is 3. The van der Waals surface area contributed by atoms with Crippen LogP contribution in [0.25, 0.3) is 0 Å². The van der Waals surface area contributed by atoms with E-state index in [9.17, 15) is 5.11 Å². The van der Waals surface area contributed by atoms with E-state index in [1.165, 1.54) is 49.7 Å². The van der Waals surface area contributed by atoms with Crippen molar-refractivity contribution in [2.24, 2.45) is 5.92 Å². The van der Waals surface area contributed by atoms with Crippen LogP contribution < -0.4 is 0 Å². The summed E-state index contributed by atoms with van der Waals surface area (Å²) in [5.41, 5.74) is 3.49. The van der Waals surface area contributed by atoms with Gasteiger partial charge in [-0.25, -0.2) is 0 Å². The van der Waals surface area contributed by atoms with Crippen LogP contribution in [0.4, 0.5) is 0 Å². The average Bonchev–Trinajstić information content (AvgIpc) is 3.11. The van der Waals surface area contributed by atoms with Crippen molar-refractivity contribution >= 4 is 0 Å². The third kappa shape index (κ3) is 2.40. The van der Waals surface area contributed by atoms with E-state index in [1.807, 2.05) is 6.92 Å². The second kappa shape index (κ2) is 4.13. The Balaban J connectivity index is 1.86. The summed E-state index contributed by atoms with van der Waals surface area (Å²) < 4.78 is 0. The molecule has 1 aromatic rings. The summed E-state index contributed by atoms with van der Waals surface area (Å²) in [6.45, 7) is 1.98. The Morgan fingerprint density at radius 3 is 2.59 bits per heavy atom. The summed E-state index contributed by atoms with van der Waals surface area (Å²) in [6.07, 6.45) is 8.60. The largest absolute Gasteiger partial charge is 0.385 e. The van der Waals surface area contributed by atoms with Crippen molar-refractivity contribution in [2.75, 3.05) is 0 Å². The first-order valence-electron chi connectivity index (χ1n) is 7.00. The third-order valence-electron chi connectivity index (χ3n) is 4.35. The van der Waals surface area contributed by atoms with Crippen molar-refractivity contribution in [1.82, 2.24) is 0 Å². The average molecular weight is 230 g/mol. The predicted molar refractivity (Wildman–Crippen MR) is 70.0 cm³/mol. The topological polar surface area (TPSA) is 20.2 Å². The summed E-state index contributed by atoms with van der Waals surface area (Å²) in [6, 6.07) is 6.65. The van der Waals surface area contributed by atoms with Gasteiger partial charge in [-0.15, -0.1) is 0 Å². The zero-order valence-electron chi connectivity index (χ0n) is 10.7. The highest BCUT2D eigenvalue weighted by atomic mass is 16.3. The molecule has 0 radical (unpaired) electrons. The number of aryl methyl sites for hydroxylation is 2. The van der Waals surface area contributed by atoms with E-state index in [4.69, 9.17) is 0 Å². The van der Waals surface area contributed by atoms with Gasteiger partial charge in [0, 0.05) is 0 Å². The van der Waals surface area contributed by atoms with Gasteiger partial charge in [-0.1, -0.05) is 31.0 Å². The lowest BCUT2D eigenvalue weighted by Gasteiger charge is -2.26. The second-order valence-electron chi connectivity index (χ2n) is 6.11. The quantitative estimate of drug-likeness (QED) is 0.841. The zero-order valence-corrected chi connectivity index (χ0v) is 10.7. The molecule has 1 heteroatoms. The molecule has 1 atom stereocenters. The second-order valence-corrected chi connectivity index (χ2v) is 6.11. The number of hydrogen-bond acceptors (Lipinski definition) is 1. The maximum atomic E-state index is 10.6. The molecule has 1 N–H and O–H groups in total. The summed E-state index contributed by atoms with van der Waals surface area (Å²) in [5, 5.41) is 10.6. The van der Waals surface area contributed by atoms with E-state index in [0.717, 1.165) is 17.9 Å². The minimum absolute atomic E-state index is 0.617. The summed E-state index contributed by atoms with van der Waals surface area (Å²) in [5.74, 6) is 0.765. The van der Waals surface area contributed by atoms with E-state index in [1.54, 1.807) is 0 Å². The number of aliphatic hydroxyl groups is 1. The molecule has 0 bridgehead atoms. The first-order chi connectivity index (χ1) is 8.15. The van der Waals surface area contributed by atoms with Gasteiger partial charge in [0.15, 0.2) is 0 Å². The zero-order chi connectivity index (χ0) is 11.9. The molecule has 2 aliphatic rings. The van der Waals surface area contributed by atoms with Crippen LogP contribution in [0, 0.1) is 5.92 Å². The molecule has 1 unspecified atom stereocenters. The standard InChI is InChI=1S/C16H22O/c1-16(17,11-12-6-7-12)15-9-8-13-4-2-3-5-14(13)10-15/h8-10,12,17H,2-7,11H2,1H3. The van der Waals surface area contributed by atoms with Gasteiger partial charge < -0.3 is 5.11 Å². The van der Waals surface area contributed by atoms with Gasteiger partial charge in [-0.2, -0.15) is 0 Å². The highest BCUT2D eigenvalue weighted by Gasteiger charge is 2.33. The minimum atomic E-state index is -0.617. The van der Waals surface area contributed by atoms with Crippen LogP contribution in [0.3, 0.4) is 0 Å². The van der Waals surface area contributed by atoms with Gasteiger partial charge in [-0.3, -0.25) is 0 Å². The first-order valence-corrected chi connectivity index (χ1v) is 7.00. The molecule has 0 saturated heterocycles. The molecule has 92 valence electrons. The minimum Gasteiger partial charge on any atom is -0.385 e. The maximum Gasteiger partial charge on any atom is 0.0871 e.